The summed E-state index contributed by atoms with van der Waals surface area (Å²) < 4.78 is 36.4. The van der Waals surface area contributed by atoms with Gasteiger partial charge in [0.1, 0.15) is 17.2 Å². The number of esters is 1. The second kappa shape index (κ2) is 4.16. The number of carbonyl (C=O) groups excluding carboxylic acids is 1. The number of halogens is 2. The maximum absolute atomic E-state index is 13.5. The van der Waals surface area contributed by atoms with Crippen molar-refractivity contribution in [2.45, 2.75) is 13.8 Å². The van der Waals surface area contributed by atoms with Gasteiger partial charge in [-0.25, -0.2) is 13.6 Å². The van der Waals surface area contributed by atoms with Crippen LogP contribution >= 0.6 is 0 Å². The summed E-state index contributed by atoms with van der Waals surface area (Å²) in [6.07, 6.45) is 0. The van der Waals surface area contributed by atoms with Crippen molar-refractivity contribution >= 4 is 16.9 Å². The Bertz CT molecular complexity index is 587. The van der Waals surface area contributed by atoms with Crippen LogP contribution in [0.5, 0.6) is 0 Å². The third-order valence-electron chi connectivity index (χ3n) is 2.41. The Morgan fingerprint density at radius 3 is 2.76 bits per heavy atom. The lowest BCUT2D eigenvalue weighted by Crippen LogP contribution is -2.04. The molecule has 17 heavy (non-hydrogen) atoms. The average molecular weight is 240 g/mol. The quantitative estimate of drug-likeness (QED) is 0.757. The van der Waals surface area contributed by atoms with E-state index in [9.17, 15) is 13.6 Å². The molecular weight excluding hydrogens is 230 g/mol. The van der Waals surface area contributed by atoms with Crippen molar-refractivity contribution < 1.29 is 22.7 Å². The van der Waals surface area contributed by atoms with Crippen molar-refractivity contribution in [3.05, 3.63) is 35.1 Å². The van der Waals surface area contributed by atoms with E-state index in [4.69, 9.17) is 9.15 Å². The van der Waals surface area contributed by atoms with Gasteiger partial charge in [-0.15, -0.1) is 0 Å². The van der Waals surface area contributed by atoms with Crippen molar-refractivity contribution in [2.75, 3.05) is 6.61 Å². The summed E-state index contributed by atoms with van der Waals surface area (Å²) in [5.41, 5.74) is 0.319. The molecule has 1 heterocycles. The van der Waals surface area contributed by atoms with Crippen molar-refractivity contribution in [3.8, 4) is 0 Å². The van der Waals surface area contributed by atoms with Gasteiger partial charge in [0.15, 0.2) is 0 Å². The number of ether oxygens (including phenoxy) is 1. The topological polar surface area (TPSA) is 39.4 Å². The van der Waals surface area contributed by atoms with E-state index in [0.29, 0.717) is 5.56 Å². The van der Waals surface area contributed by atoms with E-state index in [-0.39, 0.29) is 23.3 Å². The van der Waals surface area contributed by atoms with Gasteiger partial charge in [0.2, 0.25) is 5.76 Å². The zero-order chi connectivity index (χ0) is 12.6. The van der Waals surface area contributed by atoms with Gasteiger partial charge in [-0.1, -0.05) is 0 Å². The van der Waals surface area contributed by atoms with Gasteiger partial charge in [0.25, 0.3) is 0 Å². The lowest BCUT2D eigenvalue weighted by molar-refractivity contribution is 0.0491. The summed E-state index contributed by atoms with van der Waals surface area (Å²) in [4.78, 5) is 11.5. The van der Waals surface area contributed by atoms with Crippen LogP contribution < -0.4 is 0 Å². The van der Waals surface area contributed by atoms with Gasteiger partial charge in [0, 0.05) is 17.7 Å². The molecule has 5 heteroatoms. The maximum Gasteiger partial charge on any atom is 0.374 e. The van der Waals surface area contributed by atoms with E-state index in [2.05, 4.69) is 0 Å². The molecule has 0 saturated carbocycles. The monoisotopic (exact) mass is 240 g/mol. The smallest absolute Gasteiger partial charge is 0.374 e. The van der Waals surface area contributed by atoms with Crippen molar-refractivity contribution in [1.82, 2.24) is 0 Å². The van der Waals surface area contributed by atoms with E-state index >= 15 is 0 Å². The molecule has 90 valence electrons. The summed E-state index contributed by atoms with van der Waals surface area (Å²) >= 11 is 0. The number of rotatable bonds is 2. The standard InChI is InChI=1S/C12H10F2O3/c1-3-16-12(15)11-6(2)10-8(14)4-7(13)5-9(10)17-11/h4-5H,3H2,1-2H3. The lowest BCUT2D eigenvalue weighted by atomic mass is 10.1. The molecule has 0 fully saturated rings. The molecule has 0 amide bonds. The summed E-state index contributed by atoms with van der Waals surface area (Å²) in [6, 6.07) is 1.79. The number of benzene rings is 1. The van der Waals surface area contributed by atoms with Gasteiger partial charge >= 0.3 is 5.97 Å². The fourth-order valence-electron chi connectivity index (χ4n) is 1.69. The minimum atomic E-state index is -0.753. The molecule has 1 aromatic heterocycles. The van der Waals surface area contributed by atoms with Crippen LogP contribution in [0, 0.1) is 18.6 Å². The largest absolute Gasteiger partial charge is 0.460 e. The Labute approximate surface area is 96.0 Å². The van der Waals surface area contributed by atoms with E-state index in [0.717, 1.165) is 12.1 Å². The maximum atomic E-state index is 13.5. The summed E-state index contributed by atoms with van der Waals surface area (Å²) in [6.45, 7) is 3.36. The molecule has 0 radical (unpaired) electrons. The molecule has 0 N–H and O–H groups in total. The van der Waals surface area contributed by atoms with Crippen LogP contribution in [0.15, 0.2) is 16.5 Å². The Morgan fingerprint density at radius 2 is 2.12 bits per heavy atom. The van der Waals surface area contributed by atoms with Gasteiger partial charge in [0.05, 0.1) is 12.0 Å². The summed E-state index contributed by atoms with van der Waals surface area (Å²) in [5.74, 6) is -2.27. The molecule has 0 atom stereocenters. The van der Waals surface area contributed by atoms with Crippen LogP contribution in [0.4, 0.5) is 8.78 Å². The molecule has 0 bridgehead atoms. The molecule has 0 spiro atoms. The third kappa shape index (κ3) is 1.88. The Balaban J connectivity index is 2.64. The SMILES string of the molecule is CCOC(=O)c1oc2cc(F)cc(F)c2c1C. The first-order valence-electron chi connectivity index (χ1n) is 5.09. The van der Waals surface area contributed by atoms with Crippen molar-refractivity contribution in [3.63, 3.8) is 0 Å². The summed E-state index contributed by atoms with van der Waals surface area (Å²) in [5, 5.41) is 0.106. The van der Waals surface area contributed by atoms with Gasteiger partial charge in [-0.3, -0.25) is 0 Å². The number of carbonyl (C=O) groups is 1. The highest BCUT2D eigenvalue weighted by atomic mass is 19.1. The fourth-order valence-corrected chi connectivity index (χ4v) is 1.69. The summed E-state index contributed by atoms with van der Waals surface area (Å²) in [7, 11) is 0. The van der Waals surface area contributed by atoms with Gasteiger partial charge < -0.3 is 9.15 Å². The number of aryl methyl sites for hydroxylation is 1. The van der Waals surface area contributed by atoms with E-state index in [1.807, 2.05) is 0 Å². The number of hydrogen-bond acceptors (Lipinski definition) is 3. The minimum Gasteiger partial charge on any atom is -0.460 e. The first kappa shape index (κ1) is 11.6. The second-order valence-corrected chi connectivity index (χ2v) is 3.54. The fraction of sp³-hybridized carbons (Fsp3) is 0.250. The lowest BCUT2D eigenvalue weighted by Gasteiger charge is -1.98. The van der Waals surface area contributed by atoms with Crippen molar-refractivity contribution in [1.29, 1.82) is 0 Å². The highest BCUT2D eigenvalue weighted by molar-refractivity contribution is 5.96. The van der Waals surface area contributed by atoms with Crippen LogP contribution in [0.3, 0.4) is 0 Å². The van der Waals surface area contributed by atoms with Gasteiger partial charge in [-0.2, -0.15) is 0 Å². The highest BCUT2D eigenvalue weighted by Crippen LogP contribution is 2.28. The molecular formula is C12H10F2O3. The Hall–Kier alpha value is -1.91. The van der Waals surface area contributed by atoms with Crippen molar-refractivity contribution in [2.24, 2.45) is 0 Å². The van der Waals surface area contributed by atoms with Crippen LogP contribution in [0.25, 0.3) is 11.0 Å². The second-order valence-electron chi connectivity index (χ2n) is 3.54. The molecule has 2 rings (SSSR count). The molecule has 0 aliphatic carbocycles. The normalized spacial score (nSPS) is 10.8. The van der Waals surface area contributed by atoms with Crippen LogP contribution in [0.1, 0.15) is 23.0 Å². The minimum absolute atomic E-state index is 0.00283. The molecule has 0 aliphatic heterocycles. The molecule has 0 aliphatic rings. The predicted octanol–water partition coefficient (Wildman–Crippen LogP) is 3.20. The van der Waals surface area contributed by atoms with Gasteiger partial charge in [-0.05, 0) is 13.8 Å². The van der Waals surface area contributed by atoms with E-state index in [1.54, 1.807) is 6.92 Å². The average Bonchev–Trinajstić information content (AvgIpc) is 2.56. The van der Waals surface area contributed by atoms with Crippen LogP contribution in [-0.2, 0) is 4.74 Å². The third-order valence-corrected chi connectivity index (χ3v) is 2.41. The van der Waals surface area contributed by atoms with Crippen LogP contribution in [-0.4, -0.2) is 12.6 Å². The number of hydrogen-bond donors (Lipinski definition) is 0. The van der Waals surface area contributed by atoms with Crippen LogP contribution in [0.2, 0.25) is 0 Å². The number of fused-ring (bicyclic) bond motifs is 1. The molecule has 1 aromatic carbocycles. The van der Waals surface area contributed by atoms with E-state index < -0.39 is 17.6 Å². The Morgan fingerprint density at radius 1 is 1.41 bits per heavy atom. The first-order valence-corrected chi connectivity index (χ1v) is 5.09. The predicted molar refractivity (Wildman–Crippen MR) is 56.8 cm³/mol. The van der Waals surface area contributed by atoms with E-state index in [1.165, 1.54) is 6.92 Å². The zero-order valence-electron chi connectivity index (χ0n) is 9.34. The molecule has 2 aromatic rings. The number of furan rings is 1. The highest BCUT2D eigenvalue weighted by Gasteiger charge is 2.21. The Kier molecular flexibility index (Phi) is 2.83. The first-order chi connectivity index (χ1) is 8.04. The molecule has 0 saturated heterocycles. The molecule has 0 unspecified atom stereocenters. The molecule has 3 nitrogen and oxygen atoms in total. The zero-order valence-corrected chi connectivity index (χ0v) is 9.34.